The van der Waals surface area contributed by atoms with Gasteiger partial charge in [0, 0.05) is 29.8 Å². The van der Waals surface area contributed by atoms with E-state index in [-0.39, 0.29) is 0 Å². The van der Waals surface area contributed by atoms with Crippen LogP contribution in [0.3, 0.4) is 0 Å². The van der Waals surface area contributed by atoms with Crippen molar-refractivity contribution in [3.8, 4) is 6.07 Å². The van der Waals surface area contributed by atoms with Gasteiger partial charge in [-0.25, -0.2) is 4.98 Å². The van der Waals surface area contributed by atoms with Crippen LogP contribution in [0.1, 0.15) is 17.8 Å². The van der Waals surface area contributed by atoms with Crippen LogP contribution in [-0.2, 0) is 6.42 Å². The number of aromatic nitrogens is 2. The Kier molecular flexibility index (Phi) is 4.37. The van der Waals surface area contributed by atoms with E-state index in [2.05, 4.69) is 37.3 Å². The molecular weight excluding hydrogens is 292 g/mol. The number of halogens is 1. The van der Waals surface area contributed by atoms with Gasteiger partial charge in [0.05, 0.1) is 11.3 Å². The minimum absolute atomic E-state index is 0.655. The molecule has 0 bridgehead atoms. The summed E-state index contributed by atoms with van der Waals surface area (Å²) in [4.78, 5) is 7.23. The van der Waals surface area contributed by atoms with Gasteiger partial charge in [-0.3, -0.25) is 0 Å². The van der Waals surface area contributed by atoms with Gasteiger partial charge >= 0.3 is 0 Å². The smallest absolute Gasteiger partial charge is 0.106 e. The molecule has 0 aliphatic heterocycles. The summed E-state index contributed by atoms with van der Waals surface area (Å²) in [6.07, 6.45) is 5.45. The molecule has 2 rings (SSSR count). The van der Waals surface area contributed by atoms with Crippen molar-refractivity contribution < 1.29 is 0 Å². The summed E-state index contributed by atoms with van der Waals surface area (Å²) in [5, 5.41) is 12.3. The molecule has 0 unspecified atom stereocenters. The predicted octanol–water partition coefficient (Wildman–Crippen LogP) is 3.09. The molecule has 0 fully saturated rings. The molecule has 0 saturated carbocycles. The number of hydrogen-bond donors (Lipinski definition) is 2. The summed E-state index contributed by atoms with van der Waals surface area (Å²) >= 11 is 3.35. The minimum Gasteiger partial charge on any atom is -0.384 e. The Labute approximate surface area is 114 Å². The number of aromatic amines is 1. The van der Waals surface area contributed by atoms with Crippen molar-refractivity contribution >= 4 is 21.6 Å². The average Bonchev–Trinajstić information content (AvgIpc) is 2.89. The number of aryl methyl sites for hydroxylation is 1. The van der Waals surface area contributed by atoms with Gasteiger partial charge in [0.1, 0.15) is 11.9 Å². The van der Waals surface area contributed by atoms with Gasteiger partial charge in [-0.05, 0) is 24.6 Å². The Balaban J connectivity index is 1.85. The molecule has 1 aromatic heterocycles. The Morgan fingerprint density at radius 1 is 1.44 bits per heavy atom. The van der Waals surface area contributed by atoms with Crippen LogP contribution >= 0.6 is 15.9 Å². The van der Waals surface area contributed by atoms with Gasteiger partial charge in [0.2, 0.25) is 0 Å². The Morgan fingerprint density at radius 2 is 2.33 bits per heavy atom. The summed E-state index contributed by atoms with van der Waals surface area (Å²) in [6.45, 7) is 0.816. The van der Waals surface area contributed by atoms with E-state index in [1.807, 2.05) is 24.4 Å². The highest BCUT2D eigenvalue weighted by Gasteiger charge is 2.02. The first kappa shape index (κ1) is 12.7. The van der Waals surface area contributed by atoms with Crippen LogP contribution in [0.25, 0.3) is 0 Å². The molecule has 0 radical (unpaired) electrons. The highest BCUT2D eigenvalue weighted by Crippen LogP contribution is 2.20. The third kappa shape index (κ3) is 3.34. The van der Waals surface area contributed by atoms with E-state index in [1.54, 1.807) is 6.20 Å². The lowest BCUT2D eigenvalue weighted by Gasteiger charge is -2.07. The molecule has 0 aliphatic rings. The normalized spacial score (nSPS) is 10.0. The maximum atomic E-state index is 9.02. The third-order valence-corrected chi connectivity index (χ3v) is 3.06. The van der Waals surface area contributed by atoms with Gasteiger partial charge in [-0.1, -0.05) is 15.9 Å². The van der Waals surface area contributed by atoms with Crippen LogP contribution in [0, 0.1) is 11.3 Å². The summed E-state index contributed by atoms with van der Waals surface area (Å²) in [5.41, 5.74) is 1.53. The number of rotatable bonds is 5. The van der Waals surface area contributed by atoms with Crippen molar-refractivity contribution in [3.05, 3.63) is 46.5 Å². The number of benzene rings is 1. The molecule has 0 aliphatic carbocycles. The number of anilines is 1. The fraction of sp³-hybridized carbons (Fsp3) is 0.231. The Bertz CT molecular complexity index is 543. The second-order valence-electron chi connectivity index (χ2n) is 3.87. The van der Waals surface area contributed by atoms with E-state index >= 15 is 0 Å². The van der Waals surface area contributed by atoms with Crippen molar-refractivity contribution in [2.45, 2.75) is 12.8 Å². The van der Waals surface area contributed by atoms with Crippen molar-refractivity contribution in [2.75, 3.05) is 11.9 Å². The first-order valence-corrected chi connectivity index (χ1v) is 6.50. The first-order chi connectivity index (χ1) is 8.79. The standard InChI is InChI=1S/C13H13BrN4/c14-11-3-4-12(10(8-11)9-15)16-5-1-2-13-17-6-7-18-13/h3-4,6-8,16H,1-2,5H2,(H,17,18). The van der Waals surface area contributed by atoms with E-state index in [0.29, 0.717) is 5.56 Å². The number of H-pyrrole nitrogens is 1. The Morgan fingerprint density at radius 3 is 3.06 bits per heavy atom. The summed E-state index contributed by atoms with van der Waals surface area (Å²) in [5.74, 6) is 0.994. The SMILES string of the molecule is N#Cc1cc(Br)ccc1NCCCc1ncc[nH]1. The summed E-state index contributed by atoms with van der Waals surface area (Å²) in [6, 6.07) is 7.83. The zero-order chi connectivity index (χ0) is 12.8. The molecule has 1 aromatic carbocycles. The van der Waals surface area contributed by atoms with Crippen LogP contribution in [0.5, 0.6) is 0 Å². The van der Waals surface area contributed by atoms with Crippen LogP contribution < -0.4 is 5.32 Å². The zero-order valence-corrected chi connectivity index (χ0v) is 11.4. The topological polar surface area (TPSA) is 64.5 Å². The second kappa shape index (κ2) is 6.22. The summed E-state index contributed by atoms with van der Waals surface area (Å²) in [7, 11) is 0. The van der Waals surface area contributed by atoms with E-state index in [0.717, 1.165) is 35.4 Å². The zero-order valence-electron chi connectivity index (χ0n) is 9.78. The number of nitriles is 1. The molecule has 2 N–H and O–H groups in total. The molecular formula is C13H13BrN4. The third-order valence-electron chi connectivity index (χ3n) is 2.56. The Hall–Kier alpha value is -1.80. The number of hydrogen-bond acceptors (Lipinski definition) is 3. The summed E-state index contributed by atoms with van der Waals surface area (Å²) < 4.78 is 0.917. The highest BCUT2D eigenvalue weighted by atomic mass is 79.9. The van der Waals surface area contributed by atoms with Crippen molar-refractivity contribution in [2.24, 2.45) is 0 Å². The van der Waals surface area contributed by atoms with E-state index in [1.165, 1.54) is 0 Å². The lowest BCUT2D eigenvalue weighted by Crippen LogP contribution is -2.05. The quantitative estimate of drug-likeness (QED) is 0.834. The van der Waals surface area contributed by atoms with Crippen LogP contribution in [-0.4, -0.2) is 16.5 Å². The predicted molar refractivity (Wildman–Crippen MR) is 74.3 cm³/mol. The second-order valence-corrected chi connectivity index (χ2v) is 4.78. The fourth-order valence-electron chi connectivity index (χ4n) is 1.68. The van der Waals surface area contributed by atoms with Gasteiger partial charge in [-0.2, -0.15) is 5.26 Å². The molecule has 4 nitrogen and oxygen atoms in total. The largest absolute Gasteiger partial charge is 0.384 e. The minimum atomic E-state index is 0.655. The van der Waals surface area contributed by atoms with Crippen molar-refractivity contribution in [1.29, 1.82) is 5.26 Å². The van der Waals surface area contributed by atoms with Crippen molar-refractivity contribution in [1.82, 2.24) is 9.97 Å². The molecule has 2 aromatic rings. The van der Waals surface area contributed by atoms with Crippen molar-refractivity contribution in [3.63, 3.8) is 0 Å². The maximum absolute atomic E-state index is 9.02. The maximum Gasteiger partial charge on any atom is 0.106 e. The van der Waals surface area contributed by atoms with Crippen LogP contribution in [0.15, 0.2) is 35.1 Å². The van der Waals surface area contributed by atoms with Crippen LogP contribution in [0.2, 0.25) is 0 Å². The van der Waals surface area contributed by atoms with Gasteiger partial charge in [0.25, 0.3) is 0 Å². The monoisotopic (exact) mass is 304 g/mol. The van der Waals surface area contributed by atoms with Crippen LogP contribution in [0.4, 0.5) is 5.69 Å². The first-order valence-electron chi connectivity index (χ1n) is 5.71. The van der Waals surface area contributed by atoms with E-state index < -0.39 is 0 Å². The number of nitrogens with one attached hydrogen (secondary N) is 2. The van der Waals surface area contributed by atoms with E-state index in [4.69, 9.17) is 5.26 Å². The molecule has 5 heteroatoms. The van der Waals surface area contributed by atoms with Gasteiger partial charge in [0.15, 0.2) is 0 Å². The fourth-order valence-corrected chi connectivity index (χ4v) is 2.04. The molecule has 0 atom stereocenters. The molecule has 0 spiro atoms. The lowest BCUT2D eigenvalue weighted by atomic mass is 10.2. The van der Waals surface area contributed by atoms with E-state index in [9.17, 15) is 0 Å². The molecule has 18 heavy (non-hydrogen) atoms. The molecule has 92 valence electrons. The highest BCUT2D eigenvalue weighted by molar-refractivity contribution is 9.10. The lowest BCUT2D eigenvalue weighted by molar-refractivity contribution is 0.816. The number of imidazole rings is 1. The number of nitrogens with zero attached hydrogens (tertiary/aromatic N) is 2. The molecule has 0 amide bonds. The van der Waals surface area contributed by atoms with Gasteiger partial charge in [-0.15, -0.1) is 0 Å². The average molecular weight is 305 g/mol. The molecule has 0 saturated heterocycles. The molecule has 1 heterocycles. The van der Waals surface area contributed by atoms with Gasteiger partial charge < -0.3 is 10.3 Å².